The van der Waals surface area contributed by atoms with Crippen molar-refractivity contribution < 1.29 is 19.1 Å². The average molecular weight is 346 g/mol. The number of fused-ring (bicyclic) bond motifs is 1. The first-order valence-corrected chi connectivity index (χ1v) is 8.34. The lowest BCUT2D eigenvalue weighted by atomic mass is 9.63. The molecule has 1 saturated carbocycles. The molecular weight excluding hydrogens is 330 g/mol. The quantitative estimate of drug-likeness (QED) is 0.469. The maximum Gasteiger partial charge on any atom is 0.339 e. The molecule has 4 atom stereocenters. The topological polar surface area (TPSA) is 63.7 Å². The molecular formula is C18H16ClNO4. The van der Waals surface area contributed by atoms with E-state index in [1.54, 1.807) is 6.07 Å². The molecule has 2 fully saturated rings. The van der Waals surface area contributed by atoms with Crippen LogP contribution in [0.3, 0.4) is 0 Å². The molecule has 0 N–H and O–H groups in total. The van der Waals surface area contributed by atoms with Crippen LogP contribution in [-0.2, 0) is 14.3 Å². The maximum absolute atomic E-state index is 12.9. The van der Waals surface area contributed by atoms with Gasteiger partial charge in [0, 0.05) is 0 Å². The molecule has 1 aromatic rings. The number of esters is 1. The van der Waals surface area contributed by atoms with Gasteiger partial charge < -0.3 is 4.74 Å². The van der Waals surface area contributed by atoms with Crippen LogP contribution >= 0.6 is 11.6 Å². The molecule has 4 aliphatic rings. The number of nitrogens with zero attached hydrogens (tertiary/aromatic N) is 1. The van der Waals surface area contributed by atoms with Crippen molar-refractivity contribution in [2.45, 2.75) is 12.8 Å². The van der Waals surface area contributed by atoms with Gasteiger partial charge >= 0.3 is 5.97 Å². The molecule has 0 spiro atoms. The first-order chi connectivity index (χ1) is 11.5. The summed E-state index contributed by atoms with van der Waals surface area (Å²) in [4.78, 5) is 38.8. The average Bonchev–Trinajstić information content (AvgIpc) is 2.89. The molecule has 2 bridgehead atoms. The zero-order chi connectivity index (χ0) is 17.0. The third kappa shape index (κ3) is 2.04. The smallest absolute Gasteiger partial charge is 0.339 e. The van der Waals surface area contributed by atoms with Gasteiger partial charge in [-0.1, -0.05) is 23.8 Å². The molecule has 5 rings (SSSR count). The van der Waals surface area contributed by atoms with E-state index in [-0.39, 0.29) is 46.1 Å². The number of anilines is 1. The molecule has 0 unspecified atom stereocenters. The Labute approximate surface area is 144 Å². The van der Waals surface area contributed by atoms with Gasteiger partial charge in [-0.25, -0.2) is 9.69 Å². The van der Waals surface area contributed by atoms with Gasteiger partial charge in [0.15, 0.2) is 0 Å². The number of halogens is 1. The molecule has 1 aromatic carbocycles. The number of methoxy groups -OCH3 is 1. The highest BCUT2D eigenvalue weighted by Gasteiger charge is 2.56. The van der Waals surface area contributed by atoms with Crippen molar-refractivity contribution in [1.29, 1.82) is 0 Å². The summed E-state index contributed by atoms with van der Waals surface area (Å²) in [5, 5.41) is 0.226. The Morgan fingerprint density at radius 2 is 1.71 bits per heavy atom. The molecule has 1 saturated heterocycles. The number of benzene rings is 1. The van der Waals surface area contributed by atoms with Crippen LogP contribution in [-0.4, -0.2) is 24.9 Å². The monoisotopic (exact) mass is 345 g/mol. The van der Waals surface area contributed by atoms with Crippen molar-refractivity contribution in [2.75, 3.05) is 12.0 Å². The standard InChI is InChI=1S/C18H16ClNO4/c1-24-18(23)12-8-11(6-7-13(12)19)20-16(21)14-9-2-3-10(5-4-9)15(14)17(20)22/h2-3,6-10,14-15H,4-5H2,1H3/t9-,10-,14-,15+/m1/s1. The van der Waals surface area contributed by atoms with E-state index in [0.29, 0.717) is 5.69 Å². The maximum atomic E-state index is 12.9. The lowest BCUT2D eigenvalue weighted by Crippen LogP contribution is -2.38. The van der Waals surface area contributed by atoms with Crippen molar-refractivity contribution in [1.82, 2.24) is 0 Å². The van der Waals surface area contributed by atoms with Crippen LogP contribution in [0.25, 0.3) is 0 Å². The second kappa shape index (κ2) is 5.45. The number of hydrogen-bond donors (Lipinski definition) is 0. The summed E-state index contributed by atoms with van der Waals surface area (Å²) in [7, 11) is 1.26. The van der Waals surface area contributed by atoms with Gasteiger partial charge in [0.05, 0.1) is 35.2 Å². The second-order valence-corrected chi connectivity index (χ2v) is 6.92. The summed E-state index contributed by atoms with van der Waals surface area (Å²) < 4.78 is 4.71. The Balaban J connectivity index is 1.74. The fourth-order valence-electron chi connectivity index (χ4n) is 4.25. The molecule has 24 heavy (non-hydrogen) atoms. The van der Waals surface area contributed by atoms with Gasteiger partial charge in [0.1, 0.15) is 0 Å². The predicted molar refractivity (Wildman–Crippen MR) is 87.6 cm³/mol. The molecule has 6 heteroatoms. The van der Waals surface area contributed by atoms with Gasteiger partial charge in [0.2, 0.25) is 11.8 Å². The highest BCUT2D eigenvalue weighted by Crippen LogP contribution is 2.50. The molecule has 124 valence electrons. The zero-order valence-corrected chi connectivity index (χ0v) is 13.8. The van der Waals surface area contributed by atoms with Gasteiger partial charge in [-0.3, -0.25) is 9.59 Å². The minimum atomic E-state index is -0.597. The minimum Gasteiger partial charge on any atom is -0.465 e. The van der Waals surface area contributed by atoms with Gasteiger partial charge in [0.25, 0.3) is 0 Å². The Hall–Kier alpha value is -2.14. The van der Waals surface area contributed by atoms with Crippen molar-refractivity contribution >= 4 is 35.1 Å². The number of imide groups is 1. The molecule has 1 heterocycles. The van der Waals surface area contributed by atoms with E-state index in [1.807, 2.05) is 0 Å². The fraction of sp³-hybridized carbons (Fsp3) is 0.389. The first-order valence-electron chi connectivity index (χ1n) is 7.97. The number of hydrogen-bond acceptors (Lipinski definition) is 4. The molecule has 0 aromatic heterocycles. The van der Waals surface area contributed by atoms with Crippen LogP contribution in [0.5, 0.6) is 0 Å². The Bertz CT molecular complexity index is 755. The number of rotatable bonds is 2. The second-order valence-electron chi connectivity index (χ2n) is 6.51. The molecule has 5 nitrogen and oxygen atoms in total. The summed E-state index contributed by atoms with van der Waals surface area (Å²) in [5.41, 5.74) is 0.525. The van der Waals surface area contributed by atoms with Crippen LogP contribution in [0.4, 0.5) is 5.69 Å². The Morgan fingerprint density at radius 1 is 1.12 bits per heavy atom. The van der Waals surface area contributed by atoms with Crippen LogP contribution in [0.2, 0.25) is 5.02 Å². The number of carbonyl (C=O) groups excluding carboxylic acids is 3. The van der Waals surface area contributed by atoms with E-state index >= 15 is 0 Å². The van der Waals surface area contributed by atoms with Crippen molar-refractivity contribution in [3.05, 3.63) is 40.9 Å². The highest BCUT2D eigenvalue weighted by molar-refractivity contribution is 6.34. The molecule has 3 aliphatic carbocycles. The van der Waals surface area contributed by atoms with Crippen molar-refractivity contribution in [2.24, 2.45) is 23.7 Å². The van der Waals surface area contributed by atoms with E-state index in [2.05, 4.69) is 12.2 Å². The number of ether oxygens (including phenoxy) is 1. The van der Waals surface area contributed by atoms with Gasteiger partial charge in [-0.15, -0.1) is 0 Å². The summed E-state index contributed by atoms with van der Waals surface area (Å²) in [6.07, 6.45) is 6.05. The highest BCUT2D eigenvalue weighted by atomic mass is 35.5. The Kier molecular flexibility index (Phi) is 3.49. The van der Waals surface area contributed by atoms with E-state index in [4.69, 9.17) is 16.3 Å². The van der Waals surface area contributed by atoms with E-state index in [0.717, 1.165) is 12.8 Å². The molecule has 1 aliphatic heterocycles. The molecule has 2 amide bonds. The number of allylic oxidation sites excluding steroid dienone is 2. The summed E-state index contributed by atoms with van der Waals surface area (Å²) in [6, 6.07) is 4.56. The third-order valence-electron chi connectivity index (χ3n) is 5.37. The van der Waals surface area contributed by atoms with E-state index in [9.17, 15) is 14.4 Å². The summed E-state index contributed by atoms with van der Waals surface area (Å²) in [5.74, 6) is -1.25. The van der Waals surface area contributed by atoms with Crippen LogP contribution < -0.4 is 4.90 Å². The van der Waals surface area contributed by atoms with E-state index in [1.165, 1.54) is 24.1 Å². The van der Waals surface area contributed by atoms with Crippen molar-refractivity contribution in [3.8, 4) is 0 Å². The lowest BCUT2D eigenvalue weighted by molar-refractivity contribution is -0.124. The largest absolute Gasteiger partial charge is 0.465 e. The van der Waals surface area contributed by atoms with Crippen LogP contribution in [0, 0.1) is 23.7 Å². The van der Waals surface area contributed by atoms with Crippen LogP contribution in [0.1, 0.15) is 23.2 Å². The minimum absolute atomic E-state index is 0.133. The Morgan fingerprint density at radius 3 is 2.21 bits per heavy atom. The van der Waals surface area contributed by atoms with E-state index < -0.39 is 5.97 Å². The summed E-state index contributed by atoms with van der Waals surface area (Å²) in [6.45, 7) is 0. The first kappa shape index (κ1) is 15.4. The molecule has 0 radical (unpaired) electrons. The zero-order valence-electron chi connectivity index (χ0n) is 13.1. The number of amides is 2. The van der Waals surface area contributed by atoms with Crippen LogP contribution in [0.15, 0.2) is 30.4 Å². The van der Waals surface area contributed by atoms with Crippen molar-refractivity contribution in [3.63, 3.8) is 0 Å². The van der Waals surface area contributed by atoms with Gasteiger partial charge in [-0.05, 0) is 42.9 Å². The fourth-order valence-corrected chi connectivity index (χ4v) is 4.44. The lowest BCUT2D eigenvalue weighted by Gasteiger charge is -2.38. The third-order valence-corrected chi connectivity index (χ3v) is 5.70. The van der Waals surface area contributed by atoms with Gasteiger partial charge in [-0.2, -0.15) is 0 Å². The number of carbonyl (C=O) groups is 3. The predicted octanol–water partition coefficient (Wildman–Crippen LogP) is 2.83. The SMILES string of the molecule is COC(=O)c1cc(N2C(=O)[C@@H]3[C@H](C2=O)[C@@H]2C=C[C@@H]3CC2)ccc1Cl. The normalized spacial score (nSPS) is 30.7. The summed E-state index contributed by atoms with van der Waals surface area (Å²) >= 11 is 6.03.